The molecule has 3 rings (SSSR count). The van der Waals surface area contributed by atoms with Crippen LogP contribution in [0.1, 0.15) is 41.0 Å². The lowest BCUT2D eigenvalue weighted by atomic mass is 10.1. The van der Waals surface area contributed by atoms with Crippen molar-refractivity contribution in [2.24, 2.45) is 0 Å². The van der Waals surface area contributed by atoms with Gasteiger partial charge in [0, 0.05) is 6.20 Å². The summed E-state index contributed by atoms with van der Waals surface area (Å²) in [5.41, 5.74) is 2.47. The highest BCUT2D eigenvalue weighted by atomic mass is 35.5. The third kappa shape index (κ3) is 2.27. The number of carbonyl (C=O) groups is 1. The van der Waals surface area contributed by atoms with Crippen molar-refractivity contribution in [2.75, 3.05) is 6.61 Å². The smallest absolute Gasteiger partial charge is 0.360 e. The van der Waals surface area contributed by atoms with Gasteiger partial charge in [-0.15, -0.1) is 5.10 Å². The van der Waals surface area contributed by atoms with Crippen molar-refractivity contribution in [1.29, 1.82) is 0 Å². The number of rotatable bonds is 3. The van der Waals surface area contributed by atoms with Crippen LogP contribution in [0.25, 0.3) is 0 Å². The Morgan fingerprint density at radius 1 is 1.60 bits per heavy atom. The van der Waals surface area contributed by atoms with E-state index in [-0.39, 0.29) is 11.7 Å². The summed E-state index contributed by atoms with van der Waals surface area (Å²) >= 11 is 5.89. The minimum absolute atomic E-state index is 0.0467. The van der Waals surface area contributed by atoms with Crippen LogP contribution in [-0.4, -0.2) is 32.6 Å². The summed E-state index contributed by atoms with van der Waals surface area (Å²) in [5.74, 6) is -0.453. The summed E-state index contributed by atoms with van der Waals surface area (Å²) in [6.07, 6.45) is 5.19. The molecule has 0 radical (unpaired) electrons. The second-order valence-corrected chi connectivity index (χ2v) is 4.95. The van der Waals surface area contributed by atoms with Gasteiger partial charge in [0.1, 0.15) is 5.15 Å². The fourth-order valence-electron chi connectivity index (χ4n) is 2.45. The van der Waals surface area contributed by atoms with E-state index in [9.17, 15) is 4.79 Å². The van der Waals surface area contributed by atoms with Crippen molar-refractivity contribution < 1.29 is 9.53 Å². The fraction of sp³-hybridized carbons (Fsp3) is 0.385. The summed E-state index contributed by atoms with van der Waals surface area (Å²) in [6.45, 7) is 2.07. The monoisotopic (exact) mass is 292 g/mol. The number of nitrogens with zero attached hydrogens (tertiary/aromatic N) is 4. The molecule has 20 heavy (non-hydrogen) atoms. The van der Waals surface area contributed by atoms with Crippen LogP contribution >= 0.6 is 11.6 Å². The Morgan fingerprint density at radius 2 is 2.45 bits per heavy atom. The Morgan fingerprint density at radius 3 is 3.25 bits per heavy atom. The van der Waals surface area contributed by atoms with Gasteiger partial charge in [-0.25, -0.2) is 14.5 Å². The third-order valence-electron chi connectivity index (χ3n) is 3.35. The predicted molar refractivity (Wildman–Crippen MR) is 71.7 cm³/mol. The lowest BCUT2D eigenvalue weighted by molar-refractivity contribution is 0.0519. The van der Waals surface area contributed by atoms with Gasteiger partial charge in [0.15, 0.2) is 5.69 Å². The number of aryl methyl sites for hydroxylation is 1. The van der Waals surface area contributed by atoms with E-state index < -0.39 is 5.97 Å². The molecule has 1 atom stereocenters. The van der Waals surface area contributed by atoms with Gasteiger partial charge in [0.2, 0.25) is 0 Å². The maximum Gasteiger partial charge on any atom is 0.360 e. The number of ether oxygens (including phenoxy) is 1. The maximum absolute atomic E-state index is 11.6. The number of fused-ring (bicyclic) bond motifs is 1. The maximum atomic E-state index is 11.6. The SMILES string of the molecule is CCOC(=O)c1cn(C2CCc3cc(Cl)ncc32)nn1. The van der Waals surface area contributed by atoms with E-state index in [2.05, 4.69) is 15.3 Å². The van der Waals surface area contributed by atoms with Gasteiger partial charge in [-0.05, 0) is 37.0 Å². The van der Waals surface area contributed by atoms with Crippen molar-refractivity contribution in [3.8, 4) is 0 Å². The Balaban J connectivity index is 1.87. The first-order valence-electron chi connectivity index (χ1n) is 6.42. The van der Waals surface area contributed by atoms with E-state index in [4.69, 9.17) is 16.3 Å². The van der Waals surface area contributed by atoms with Crippen LogP contribution in [0.2, 0.25) is 5.15 Å². The zero-order valence-electron chi connectivity index (χ0n) is 10.9. The number of hydrogen-bond donors (Lipinski definition) is 0. The van der Waals surface area contributed by atoms with E-state index in [1.807, 2.05) is 6.07 Å². The molecule has 0 saturated carbocycles. The molecule has 0 fully saturated rings. The number of aromatic nitrogens is 4. The van der Waals surface area contributed by atoms with Crippen LogP contribution in [0.5, 0.6) is 0 Å². The summed E-state index contributed by atoms with van der Waals surface area (Å²) < 4.78 is 6.59. The molecule has 1 aliphatic carbocycles. The predicted octanol–water partition coefficient (Wildman–Crippen LogP) is 2.04. The first-order valence-corrected chi connectivity index (χ1v) is 6.80. The number of pyridine rings is 1. The largest absolute Gasteiger partial charge is 0.461 e. The van der Waals surface area contributed by atoms with Crippen LogP contribution < -0.4 is 0 Å². The summed E-state index contributed by atoms with van der Waals surface area (Å²) in [7, 11) is 0. The lowest BCUT2D eigenvalue weighted by Gasteiger charge is -2.10. The molecule has 0 spiro atoms. The average molecular weight is 293 g/mol. The number of carbonyl (C=O) groups excluding carboxylic acids is 1. The zero-order chi connectivity index (χ0) is 14.1. The van der Waals surface area contributed by atoms with Gasteiger partial charge in [0.05, 0.1) is 18.8 Å². The molecule has 0 saturated heterocycles. The molecule has 7 heteroatoms. The normalized spacial score (nSPS) is 17.0. The van der Waals surface area contributed by atoms with Crippen LogP contribution in [0.15, 0.2) is 18.5 Å². The van der Waals surface area contributed by atoms with Gasteiger partial charge in [0.25, 0.3) is 0 Å². The minimum atomic E-state index is -0.453. The first kappa shape index (κ1) is 13.1. The highest BCUT2D eigenvalue weighted by Crippen LogP contribution is 2.34. The van der Waals surface area contributed by atoms with E-state index in [0.717, 1.165) is 18.4 Å². The second-order valence-electron chi connectivity index (χ2n) is 4.56. The van der Waals surface area contributed by atoms with E-state index in [1.165, 1.54) is 5.56 Å². The van der Waals surface area contributed by atoms with Crippen molar-refractivity contribution in [2.45, 2.75) is 25.8 Å². The van der Waals surface area contributed by atoms with Crippen LogP contribution in [0, 0.1) is 0 Å². The van der Waals surface area contributed by atoms with Gasteiger partial charge in [-0.2, -0.15) is 0 Å². The molecule has 2 heterocycles. The third-order valence-corrected chi connectivity index (χ3v) is 3.56. The summed E-state index contributed by atoms with van der Waals surface area (Å²) in [6, 6.07) is 1.92. The molecule has 0 aromatic carbocycles. The molecule has 0 bridgehead atoms. The lowest BCUT2D eigenvalue weighted by Crippen LogP contribution is -2.08. The molecule has 0 N–H and O–H groups in total. The van der Waals surface area contributed by atoms with Crippen molar-refractivity contribution in [1.82, 2.24) is 20.0 Å². The molecule has 2 aromatic heterocycles. The molecule has 6 nitrogen and oxygen atoms in total. The average Bonchev–Trinajstić information content (AvgIpc) is 3.04. The molecular weight excluding hydrogens is 280 g/mol. The molecular formula is C13H13ClN4O2. The van der Waals surface area contributed by atoms with Crippen LogP contribution in [0.3, 0.4) is 0 Å². The molecule has 0 amide bonds. The van der Waals surface area contributed by atoms with Crippen molar-refractivity contribution in [3.05, 3.63) is 40.4 Å². The Hall–Kier alpha value is -1.95. The highest BCUT2D eigenvalue weighted by Gasteiger charge is 2.26. The standard InChI is InChI=1S/C13H13ClN4O2/c1-2-20-13(19)10-7-18(17-16-10)11-4-3-8-5-12(14)15-6-9(8)11/h5-7,11H,2-4H2,1H3. The van der Waals surface area contributed by atoms with E-state index in [0.29, 0.717) is 11.8 Å². The van der Waals surface area contributed by atoms with Crippen molar-refractivity contribution >= 4 is 17.6 Å². The molecule has 0 aliphatic heterocycles. The van der Waals surface area contributed by atoms with Crippen LogP contribution in [0.4, 0.5) is 0 Å². The zero-order valence-corrected chi connectivity index (χ0v) is 11.7. The van der Waals surface area contributed by atoms with Gasteiger partial charge >= 0.3 is 5.97 Å². The second kappa shape index (κ2) is 5.20. The molecule has 1 aliphatic rings. The number of esters is 1. The van der Waals surface area contributed by atoms with Crippen molar-refractivity contribution in [3.63, 3.8) is 0 Å². The molecule has 1 unspecified atom stereocenters. The van der Waals surface area contributed by atoms with Gasteiger partial charge in [-0.1, -0.05) is 16.8 Å². The molecule has 104 valence electrons. The van der Waals surface area contributed by atoms with Gasteiger partial charge < -0.3 is 4.74 Å². The van der Waals surface area contributed by atoms with E-state index >= 15 is 0 Å². The summed E-state index contributed by atoms with van der Waals surface area (Å²) in [4.78, 5) is 15.7. The minimum Gasteiger partial charge on any atom is -0.461 e. The Kier molecular flexibility index (Phi) is 3.40. The Labute approximate surface area is 120 Å². The van der Waals surface area contributed by atoms with Gasteiger partial charge in [-0.3, -0.25) is 0 Å². The number of halogens is 1. The number of hydrogen-bond acceptors (Lipinski definition) is 5. The first-order chi connectivity index (χ1) is 9.69. The topological polar surface area (TPSA) is 69.9 Å². The highest BCUT2D eigenvalue weighted by molar-refractivity contribution is 6.29. The quantitative estimate of drug-likeness (QED) is 0.639. The molecule has 2 aromatic rings. The Bertz CT molecular complexity index is 656. The van der Waals surface area contributed by atoms with Crippen LogP contribution in [-0.2, 0) is 11.2 Å². The summed E-state index contributed by atoms with van der Waals surface area (Å²) in [5, 5.41) is 8.39. The van der Waals surface area contributed by atoms with E-state index in [1.54, 1.807) is 24.0 Å². The fourth-order valence-corrected chi connectivity index (χ4v) is 2.63.